The largest absolute Gasteiger partial charge is 0.134 e. The van der Waals surface area contributed by atoms with Gasteiger partial charge in [-0.2, -0.15) is 0 Å². The molecule has 6 aromatic carbocycles. The van der Waals surface area contributed by atoms with E-state index >= 15 is 0 Å². The van der Waals surface area contributed by atoms with Gasteiger partial charge in [0.2, 0.25) is 0 Å². The zero-order valence-electron chi connectivity index (χ0n) is 21.7. The van der Waals surface area contributed by atoms with Crippen LogP contribution in [0.15, 0.2) is 146 Å². The van der Waals surface area contributed by atoms with Crippen molar-refractivity contribution in [3.05, 3.63) is 146 Å². The average molecular weight is 545 g/mol. The van der Waals surface area contributed by atoms with E-state index in [0.29, 0.717) is 0 Å². The Kier molecular flexibility index (Phi) is 5.62. The Bertz CT molecular complexity index is 2110. The van der Waals surface area contributed by atoms with Crippen molar-refractivity contribution in [1.82, 2.24) is 0 Å². The summed E-state index contributed by atoms with van der Waals surface area (Å²) in [5.41, 5.74) is 10.0. The van der Waals surface area contributed by atoms with Crippen molar-refractivity contribution in [2.45, 2.75) is 0 Å². The molecule has 8 aromatic rings. The fourth-order valence-corrected chi connectivity index (χ4v) is 8.32. The molecule has 0 saturated heterocycles. The number of hydrogen-bond acceptors (Lipinski definition) is 2. The minimum atomic E-state index is 1.24. The molecule has 2 aromatic heterocycles. The number of fused-ring (bicyclic) bond motifs is 5. The lowest BCUT2D eigenvalue weighted by molar-refractivity contribution is 1.58. The second kappa shape index (κ2) is 9.60. The predicted octanol–water partition coefficient (Wildman–Crippen LogP) is 11.9. The molecule has 0 amide bonds. The minimum absolute atomic E-state index is 1.24. The van der Waals surface area contributed by atoms with Gasteiger partial charge in [-0.25, -0.2) is 0 Å². The highest BCUT2D eigenvalue weighted by Crippen LogP contribution is 2.46. The standard InChI is InChI=1S/C38H24S2/c1-3-7-25(8-4-1)27-11-13-28(14-12-27)29-15-17-30(18-16-29)32-20-22-34-36(24-32)40-37-33-21-19-31(23-35(33)39-38(34)37)26-9-5-2-6-10-26/h1-24H. The van der Waals surface area contributed by atoms with Crippen molar-refractivity contribution >= 4 is 52.2 Å². The lowest BCUT2D eigenvalue weighted by Crippen LogP contribution is -1.82. The molecule has 0 unspecified atom stereocenters. The monoisotopic (exact) mass is 544 g/mol. The van der Waals surface area contributed by atoms with Crippen molar-refractivity contribution in [2.24, 2.45) is 0 Å². The van der Waals surface area contributed by atoms with Gasteiger partial charge in [0.25, 0.3) is 0 Å². The SMILES string of the molecule is c1ccc(-c2ccc(-c3ccc(-c4ccc5c(c4)sc4c6ccc(-c7ccccc7)cc6sc54)cc3)cc2)cc1. The van der Waals surface area contributed by atoms with Gasteiger partial charge >= 0.3 is 0 Å². The Morgan fingerprint density at radius 1 is 0.275 bits per heavy atom. The van der Waals surface area contributed by atoms with Crippen LogP contribution in [0.2, 0.25) is 0 Å². The molecule has 0 aliphatic rings. The van der Waals surface area contributed by atoms with Crippen molar-refractivity contribution in [1.29, 1.82) is 0 Å². The van der Waals surface area contributed by atoms with Gasteiger partial charge in [-0.1, -0.05) is 133 Å². The van der Waals surface area contributed by atoms with Gasteiger partial charge in [-0.3, -0.25) is 0 Å². The fraction of sp³-hybridized carbons (Fsp3) is 0. The lowest BCUT2D eigenvalue weighted by Gasteiger charge is -2.07. The van der Waals surface area contributed by atoms with Crippen LogP contribution in [0.1, 0.15) is 0 Å². The quantitative estimate of drug-likeness (QED) is 0.207. The molecule has 0 bridgehead atoms. The smallest absolute Gasteiger partial charge is 0.0542 e. The molecule has 188 valence electrons. The van der Waals surface area contributed by atoms with E-state index in [9.17, 15) is 0 Å². The molecule has 2 heteroatoms. The first-order valence-electron chi connectivity index (χ1n) is 13.5. The summed E-state index contributed by atoms with van der Waals surface area (Å²) >= 11 is 3.84. The van der Waals surface area contributed by atoms with Gasteiger partial charge in [0.15, 0.2) is 0 Å². The molecule has 0 nitrogen and oxygen atoms in total. The van der Waals surface area contributed by atoms with E-state index in [1.807, 2.05) is 22.7 Å². The number of hydrogen-bond donors (Lipinski definition) is 0. The maximum absolute atomic E-state index is 2.36. The topological polar surface area (TPSA) is 0 Å². The van der Waals surface area contributed by atoms with Crippen molar-refractivity contribution in [3.63, 3.8) is 0 Å². The van der Waals surface area contributed by atoms with Crippen molar-refractivity contribution in [2.75, 3.05) is 0 Å². The van der Waals surface area contributed by atoms with Crippen molar-refractivity contribution < 1.29 is 0 Å². The molecular weight excluding hydrogens is 521 g/mol. The van der Waals surface area contributed by atoms with Crippen LogP contribution in [-0.4, -0.2) is 0 Å². The van der Waals surface area contributed by atoms with E-state index in [0.717, 1.165) is 0 Å². The van der Waals surface area contributed by atoms with Crippen LogP contribution in [0.25, 0.3) is 74.1 Å². The summed E-state index contributed by atoms with van der Waals surface area (Å²) < 4.78 is 5.52. The third-order valence-corrected chi connectivity index (χ3v) is 10.2. The zero-order chi connectivity index (χ0) is 26.5. The summed E-state index contributed by atoms with van der Waals surface area (Å²) in [7, 11) is 0. The first kappa shape index (κ1) is 23.4. The first-order valence-corrected chi connectivity index (χ1v) is 15.1. The van der Waals surface area contributed by atoms with Gasteiger partial charge in [-0.05, 0) is 56.6 Å². The molecule has 8 rings (SSSR count). The van der Waals surface area contributed by atoms with Crippen LogP contribution >= 0.6 is 22.7 Å². The highest BCUT2D eigenvalue weighted by atomic mass is 32.1. The van der Waals surface area contributed by atoms with Crippen LogP contribution in [-0.2, 0) is 0 Å². The first-order chi connectivity index (χ1) is 19.8. The second-order valence-corrected chi connectivity index (χ2v) is 12.3. The Balaban J connectivity index is 1.10. The van der Waals surface area contributed by atoms with Crippen molar-refractivity contribution in [3.8, 4) is 44.5 Å². The van der Waals surface area contributed by atoms with Gasteiger partial charge in [0, 0.05) is 20.2 Å². The van der Waals surface area contributed by atoms with E-state index in [-0.39, 0.29) is 0 Å². The molecule has 0 radical (unpaired) electrons. The van der Waals surface area contributed by atoms with E-state index in [1.54, 1.807) is 0 Å². The maximum atomic E-state index is 2.36. The maximum Gasteiger partial charge on any atom is 0.0542 e. The van der Waals surface area contributed by atoms with Gasteiger partial charge in [0.1, 0.15) is 0 Å². The summed E-state index contributed by atoms with van der Waals surface area (Å²) in [5, 5.41) is 2.73. The minimum Gasteiger partial charge on any atom is -0.134 e. The number of rotatable bonds is 4. The van der Waals surface area contributed by atoms with Crippen LogP contribution in [0.4, 0.5) is 0 Å². The third kappa shape index (κ3) is 4.05. The lowest BCUT2D eigenvalue weighted by atomic mass is 9.98. The second-order valence-electron chi connectivity index (χ2n) is 10.2. The predicted molar refractivity (Wildman–Crippen MR) is 176 cm³/mol. The molecule has 0 N–H and O–H groups in total. The Hall–Kier alpha value is -4.50. The molecule has 0 saturated carbocycles. The summed E-state index contributed by atoms with van der Waals surface area (Å²) in [6, 6.07) is 52.9. The number of thiophene rings is 2. The van der Waals surface area contributed by atoms with Gasteiger partial charge in [-0.15, -0.1) is 22.7 Å². The van der Waals surface area contributed by atoms with E-state index < -0.39 is 0 Å². The fourth-order valence-electron chi connectivity index (χ4n) is 5.59. The Labute approximate surface area is 241 Å². The summed E-state index contributed by atoms with van der Waals surface area (Å²) in [4.78, 5) is 0. The summed E-state index contributed by atoms with van der Waals surface area (Å²) in [5.74, 6) is 0. The third-order valence-electron chi connectivity index (χ3n) is 7.73. The van der Waals surface area contributed by atoms with Crippen LogP contribution in [0.5, 0.6) is 0 Å². The summed E-state index contributed by atoms with van der Waals surface area (Å²) in [6.07, 6.45) is 0. The van der Waals surface area contributed by atoms with Gasteiger partial charge < -0.3 is 0 Å². The Morgan fingerprint density at radius 2 is 0.575 bits per heavy atom. The molecule has 0 aliphatic heterocycles. The normalized spacial score (nSPS) is 11.5. The van der Waals surface area contributed by atoms with Crippen LogP contribution in [0, 0.1) is 0 Å². The molecule has 40 heavy (non-hydrogen) atoms. The van der Waals surface area contributed by atoms with Gasteiger partial charge in [0.05, 0.1) is 9.40 Å². The average Bonchev–Trinajstić information content (AvgIpc) is 3.57. The molecule has 0 aliphatic carbocycles. The molecule has 0 spiro atoms. The van der Waals surface area contributed by atoms with E-state index in [4.69, 9.17) is 0 Å². The van der Waals surface area contributed by atoms with E-state index in [2.05, 4.69) is 146 Å². The highest BCUT2D eigenvalue weighted by Gasteiger charge is 2.14. The van der Waals surface area contributed by atoms with E-state index in [1.165, 1.54) is 74.1 Å². The highest BCUT2D eigenvalue weighted by molar-refractivity contribution is 7.36. The van der Waals surface area contributed by atoms with Crippen LogP contribution < -0.4 is 0 Å². The Morgan fingerprint density at radius 3 is 0.975 bits per heavy atom. The summed E-state index contributed by atoms with van der Waals surface area (Å²) in [6.45, 7) is 0. The molecule has 0 fully saturated rings. The number of benzene rings is 6. The van der Waals surface area contributed by atoms with Crippen LogP contribution in [0.3, 0.4) is 0 Å². The molecular formula is C38H24S2. The molecule has 2 heterocycles. The zero-order valence-corrected chi connectivity index (χ0v) is 23.3. The molecule has 0 atom stereocenters.